The number of carbonyl (C=O) groups excluding carboxylic acids is 1. The standard InChI is InChI=1S/C19H16N6O2/c1-25(12-17-22-18(24-27-17)14-6-9-20-10-7-14)19(26)15-4-2-13(3-5-15)16-8-11-21-23-16/h2-11H,12H2,1H3,(H,21,23). The van der Waals surface area contributed by atoms with Crippen LogP contribution in [0.1, 0.15) is 16.2 Å². The number of rotatable bonds is 5. The van der Waals surface area contributed by atoms with Crippen molar-refractivity contribution >= 4 is 5.91 Å². The highest BCUT2D eigenvalue weighted by Gasteiger charge is 2.16. The summed E-state index contributed by atoms with van der Waals surface area (Å²) in [4.78, 5) is 22.5. The Hall–Kier alpha value is -3.81. The van der Waals surface area contributed by atoms with Crippen molar-refractivity contribution in [2.24, 2.45) is 0 Å². The Bertz CT molecular complexity index is 1030. The van der Waals surface area contributed by atoms with Gasteiger partial charge in [-0.1, -0.05) is 17.3 Å². The molecule has 0 saturated heterocycles. The molecule has 0 aliphatic rings. The van der Waals surface area contributed by atoms with Crippen LogP contribution >= 0.6 is 0 Å². The summed E-state index contributed by atoms with van der Waals surface area (Å²) in [5.41, 5.74) is 3.25. The summed E-state index contributed by atoms with van der Waals surface area (Å²) in [5, 5.41) is 10.8. The van der Waals surface area contributed by atoms with E-state index in [0.717, 1.165) is 16.8 Å². The van der Waals surface area contributed by atoms with E-state index in [-0.39, 0.29) is 12.5 Å². The summed E-state index contributed by atoms with van der Waals surface area (Å²) in [7, 11) is 1.70. The molecule has 0 saturated carbocycles. The molecule has 134 valence electrons. The molecule has 1 aromatic carbocycles. The molecule has 8 heteroatoms. The lowest BCUT2D eigenvalue weighted by molar-refractivity contribution is 0.0769. The highest BCUT2D eigenvalue weighted by Crippen LogP contribution is 2.18. The van der Waals surface area contributed by atoms with Crippen molar-refractivity contribution in [3.05, 3.63) is 72.5 Å². The van der Waals surface area contributed by atoms with Gasteiger partial charge in [-0.05, 0) is 35.9 Å². The molecule has 0 fully saturated rings. The molecule has 0 bridgehead atoms. The highest BCUT2D eigenvalue weighted by atomic mass is 16.5. The lowest BCUT2D eigenvalue weighted by Crippen LogP contribution is -2.26. The number of carbonyl (C=O) groups is 1. The predicted molar refractivity (Wildman–Crippen MR) is 97.4 cm³/mol. The Labute approximate surface area is 154 Å². The van der Waals surface area contributed by atoms with Gasteiger partial charge in [0.1, 0.15) is 0 Å². The van der Waals surface area contributed by atoms with Crippen LogP contribution in [0, 0.1) is 0 Å². The van der Waals surface area contributed by atoms with Crippen molar-refractivity contribution in [2.75, 3.05) is 7.05 Å². The first-order valence-corrected chi connectivity index (χ1v) is 8.29. The Morgan fingerprint density at radius 1 is 1.04 bits per heavy atom. The normalized spacial score (nSPS) is 10.7. The van der Waals surface area contributed by atoms with E-state index in [9.17, 15) is 4.79 Å². The van der Waals surface area contributed by atoms with Crippen molar-refractivity contribution in [1.82, 2.24) is 30.2 Å². The fraction of sp³-hybridized carbons (Fsp3) is 0.105. The fourth-order valence-electron chi connectivity index (χ4n) is 2.64. The molecular formula is C19H16N6O2. The van der Waals surface area contributed by atoms with Crippen molar-refractivity contribution in [1.29, 1.82) is 0 Å². The summed E-state index contributed by atoms with van der Waals surface area (Å²) >= 11 is 0. The van der Waals surface area contributed by atoms with Gasteiger partial charge in [0.15, 0.2) is 0 Å². The van der Waals surface area contributed by atoms with E-state index in [2.05, 4.69) is 25.3 Å². The van der Waals surface area contributed by atoms with Crippen LogP contribution in [0.25, 0.3) is 22.6 Å². The zero-order chi connectivity index (χ0) is 18.6. The first kappa shape index (κ1) is 16.6. The molecule has 4 rings (SSSR count). The molecule has 3 aromatic heterocycles. The Morgan fingerprint density at radius 3 is 2.52 bits per heavy atom. The molecule has 0 radical (unpaired) electrons. The van der Waals surface area contributed by atoms with Crippen LogP contribution in [0.3, 0.4) is 0 Å². The van der Waals surface area contributed by atoms with Crippen LogP contribution in [0.15, 0.2) is 65.6 Å². The average molecular weight is 360 g/mol. The molecule has 1 N–H and O–H groups in total. The maximum Gasteiger partial charge on any atom is 0.254 e. The number of H-pyrrole nitrogens is 1. The van der Waals surface area contributed by atoms with E-state index in [1.807, 2.05) is 18.2 Å². The average Bonchev–Trinajstić information content (AvgIpc) is 3.40. The van der Waals surface area contributed by atoms with Crippen LogP contribution in [0.2, 0.25) is 0 Å². The number of nitrogens with one attached hydrogen (secondary N) is 1. The van der Waals surface area contributed by atoms with Gasteiger partial charge < -0.3 is 9.42 Å². The van der Waals surface area contributed by atoms with Gasteiger partial charge in [-0.2, -0.15) is 10.1 Å². The van der Waals surface area contributed by atoms with Crippen molar-refractivity contribution in [3.8, 4) is 22.6 Å². The van der Waals surface area contributed by atoms with Gasteiger partial charge >= 0.3 is 0 Å². The summed E-state index contributed by atoms with van der Waals surface area (Å²) in [6.07, 6.45) is 5.01. The molecule has 0 aliphatic carbocycles. The first-order valence-electron chi connectivity index (χ1n) is 8.29. The lowest BCUT2D eigenvalue weighted by atomic mass is 10.1. The van der Waals surface area contributed by atoms with Gasteiger partial charge in [0.2, 0.25) is 11.7 Å². The molecule has 0 spiro atoms. The third-order valence-corrected chi connectivity index (χ3v) is 4.07. The number of benzene rings is 1. The van der Waals surface area contributed by atoms with Crippen LogP contribution < -0.4 is 0 Å². The van der Waals surface area contributed by atoms with E-state index in [1.165, 1.54) is 4.90 Å². The quantitative estimate of drug-likeness (QED) is 0.587. The first-order chi connectivity index (χ1) is 13.2. The lowest BCUT2D eigenvalue weighted by Gasteiger charge is -2.14. The number of hydrogen-bond donors (Lipinski definition) is 1. The molecule has 27 heavy (non-hydrogen) atoms. The minimum Gasteiger partial charge on any atom is -0.337 e. The molecule has 3 heterocycles. The molecule has 8 nitrogen and oxygen atoms in total. The minimum atomic E-state index is -0.130. The molecule has 0 aliphatic heterocycles. The van der Waals surface area contributed by atoms with Gasteiger partial charge in [0.25, 0.3) is 5.91 Å². The summed E-state index contributed by atoms with van der Waals surface area (Å²) in [5.74, 6) is 0.707. The van der Waals surface area contributed by atoms with Crippen LogP contribution in [0.4, 0.5) is 0 Å². The summed E-state index contributed by atoms with van der Waals surface area (Å²) < 4.78 is 5.26. The van der Waals surface area contributed by atoms with Crippen molar-refractivity contribution in [3.63, 3.8) is 0 Å². The van der Waals surface area contributed by atoms with E-state index < -0.39 is 0 Å². The number of hydrogen-bond acceptors (Lipinski definition) is 6. The highest BCUT2D eigenvalue weighted by molar-refractivity contribution is 5.94. The molecule has 4 aromatic rings. The van der Waals surface area contributed by atoms with Crippen LogP contribution in [0.5, 0.6) is 0 Å². The topological polar surface area (TPSA) is 101 Å². The van der Waals surface area contributed by atoms with Gasteiger partial charge in [-0.3, -0.25) is 14.9 Å². The predicted octanol–water partition coefficient (Wildman–Crippen LogP) is 2.79. The third-order valence-electron chi connectivity index (χ3n) is 4.07. The second-order valence-electron chi connectivity index (χ2n) is 5.96. The summed E-state index contributed by atoms with van der Waals surface area (Å²) in [6, 6.07) is 12.8. The molecule has 1 amide bonds. The monoisotopic (exact) mass is 360 g/mol. The zero-order valence-corrected chi connectivity index (χ0v) is 14.5. The van der Waals surface area contributed by atoms with Gasteiger partial charge in [0.05, 0.1) is 12.2 Å². The van der Waals surface area contributed by atoms with E-state index in [1.54, 1.807) is 49.9 Å². The van der Waals surface area contributed by atoms with Gasteiger partial charge in [-0.25, -0.2) is 0 Å². The smallest absolute Gasteiger partial charge is 0.254 e. The van der Waals surface area contributed by atoms with Crippen molar-refractivity contribution < 1.29 is 9.32 Å². The molecule has 0 atom stereocenters. The second kappa shape index (κ2) is 7.20. The Morgan fingerprint density at radius 2 is 1.81 bits per heavy atom. The Balaban J connectivity index is 1.44. The summed E-state index contributed by atoms with van der Waals surface area (Å²) in [6.45, 7) is 0.221. The largest absolute Gasteiger partial charge is 0.337 e. The molecule has 0 unspecified atom stereocenters. The number of pyridine rings is 1. The third kappa shape index (κ3) is 3.59. The van der Waals surface area contributed by atoms with E-state index in [4.69, 9.17) is 4.52 Å². The maximum absolute atomic E-state index is 12.6. The number of amides is 1. The van der Waals surface area contributed by atoms with Gasteiger partial charge in [-0.15, -0.1) is 0 Å². The van der Waals surface area contributed by atoms with Gasteiger partial charge in [0, 0.05) is 36.8 Å². The zero-order valence-electron chi connectivity index (χ0n) is 14.5. The number of aromatic nitrogens is 5. The van der Waals surface area contributed by atoms with E-state index >= 15 is 0 Å². The van der Waals surface area contributed by atoms with Crippen LogP contribution in [-0.4, -0.2) is 43.2 Å². The van der Waals surface area contributed by atoms with Crippen LogP contribution in [-0.2, 0) is 6.54 Å². The maximum atomic E-state index is 12.6. The molecular weight excluding hydrogens is 344 g/mol. The van der Waals surface area contributed by atoms with E-state index in [0.29, 0.717) is 17.3 Å². The second-order valence-corrected chi connectivity index (χ2v) is 5.96. The number of nitrogens with zero attached hydrogens (tertiary/aromatic N) is 5. The minimum absolute atomic E-state index is 0.130. The Kier molecular flexibility index (Phi) is 4.44. The number of aromatic amines is 1. The SMILES string of the molecule is CN(Cc1nc(-c2ccncc2)no1)C(=O)c1ccc(-c2ccn[nH]2)cc1. The van der Waals surface area contributed by atoms with Crippen molar-refractivity contribution in [2.45, 2.75) is 6.54 Å². The fourth-order valence-corrected chi connectivity index (χ4v) is 2.64.